The highest BCUT2D eigenvalue weighted by Crippen LogP contribution is 2.38. The molecule has 3 nitrogen and oxygen atoms in total. The van der Waals surface area contributed by atoms with Crippen molar-refractivity contribution in [2.75, 3.05) is 19.5 Å². The second kappa shape index (κ2) is 11.0. The van der Waals surface area contributed by atoms with Crippen LogP contribution in [0.4, 0.5) is 4.39 Å². The molecule has 0 saturated heterocycles. The Bertz CT molecular complexity index is 1200. The molecule has 1 aliphatic rings. The number of allylic oxidation sites excluding steroid dienone is 2. The van der Waals surface area contributed by atoms with E-state index in [1.165, 1.54) is 22.9 Å². The van der Waals surface area contributed by atoms with Crippen LogP contribution in [0.15, 0.2) is 82.9 Å². The summed E-state index contributed by atoms with van der Waals surface area (Å²) in [6.45, 7) is 2.84. The van der Waals surface area contributed by atoms with E-state index in [2.05, 4.69) is 29.4 Å². The van der Waals surface area contributed by atoms with Crippen molar-refractivity contribution in [1.82, 2.24) is 0 Å². The second-order valence-electron chi connectivity index (χ2n) is 7.65. The summed E-state index contributed by atoms with van der Waals surface area (Å²) in [5.74, 6) is 0.618. The average Bonchev–Trinajstić information content (AvgIpc) is 3.18. The molecule has 0 atom stereocenters. The normalized spacial score (nSPS) is 13.9. The first-order valence-electron chi connectivity index (χ1n) is 10.8. The van der Waals surface area contributed by atoms with Crippen LogP contribution in [0.25, 0.3) is 17.2 Å². The zero-order valence-corrected chi connectivity index (χ0v) is 19.6. The van der Waals surface area contributed by atoms with Crippen LogP contribution in [0.2, 0.25) is 0 Å². The van der Waals surface area contributed by atoms with Gasteiger partial charge in [0.2, 0.25) is 0 Å². The Morgan fingerprint density at radius 2 is 1.76 bits per heavy atom. The number of thioether (sulfide) groups is 1. The molecule has 5 heteroatoms. The van der Waals surface area contributed by atoms with Crippen molar-refractivity contribution >= 4 is 35.2 Å². The lowest BCUT2D eigenvalue weighted by Gasteiger charge is -2.07. The SMILES string of the molecule is CSc1cc(C)c(/C=C2/C=C(CCON=CCOc3ccccc3)c3ccccc32)cc1F. The molecule has 0 heterocycles. The number of para-hydroxylation sites is 1. The Morgan fingerprint density at radius 1 is 1.00 bits per heavy atom. The lowest BCUT2D eigenvalue weighted by molar-refractivity contribution is 0.150. The number of hydrogen-bond acceptors (Lipinski definition) is 4. The Morgan fingerprint density at radius 3 is 2.55 bits per heavy atom. The van der Waals surface area contributed by atoms with Gasteiger partial charge in [-0.05, 0) is 76.9 Å². The van der Waals surface area contributed by atoms with E-state index in [4.69, 9.17) is 9.57 Å². The maximum absolute atomic E-state index is 14.4. The molecule has 3 aromatic rings. The number of fused-ring (bicyclic) bond motifs is 1. The molecule has 0 spiro atoms. The monoisotopic (exact) mass is 459 g/mol. The predicted octanol–water partition coefficient (Wildman–Crippen LogP) is 7.27. The standard InChI is InChI=1S/C28H26FNO2S/c1-20-16-28(33-2)27(29)19-22(20)18-23-17-21(25-10-6-7-11-26(23)25)12-14-32-30-13-15-31-24-8-4-3-5-9-24/h3-11,13,16-19H,12,14-15H2,1-2H3/b23-18-,30-13?. The maximum atomic E-state index is 14.4. The molecule has 0 bridgehead atoms. The van der Waals surface area contributed by atoms with Crippen LogP contribution < -0.4 is 4.74 Å². The van der Waals surface area contributed by atoms with E-state index in [1.807, 2.05) is 61.7 Å². The topological polar surface area (TPSA) is 30.8 Å². The summed E-state index contributed by atoms with van der Waals surface area (Å²) in [4.78, 5) is 6.11. The van der Waals surface area contributed by atoms with Gasteiger partial charge in [0.25, 0.3) is 0 Å². The van der Waals surface area contributed by atoms with E-state index in [-0.39, 0.29) is 5.82 Å². The minimum Gasteiger partial charge on any atom is -0.488 e. The molecule has 0 saturated carbocycles. The fraction of sp³-hybridized carbons (Fsp3) is 0.179. The van der Waals surface area contributed by atoms with Gasteiger partial charge >= 0.3 is 0 Å². The van der Waals surface area contributed by atoms with Crippen LogP contribution in [0.3, 0.4) is 0 Å². The van der Waals surface area contributed by atoms with Gasteiger partial charge in [-0.3, -0.25) is 0 Å². The Balaban J connectivity index is 1.40. The number of rotatable bonds is 9. The molecule has 0 radical (unpaired) electrons. The Labute approximate surface area is 198 Å². The van der Waals surface area contributed by atoms with Crippen LogP contribution >= 0.6 is 11.8 Å². The van der Waals surface area contributed by atoms with Crippen molar-refractivity contribution in [3.63, 3.8) is 0 Å². The van der Waals surface area contributed by atoms with Crippen LogP contribution in [0.5, 0.6) is 5.75 Å². The lowest BCUT2D eigenvalue weighted by atomic mass is 10.0. The van der Waals surface area contributed by atoms with E-state index >= 15 is 0 Å². The van der Waals surface area contributed by atoms with Crippen LogP contribution in [-0.2, 0) is 4.84 Å². The van der Waals surface area contributed by atoms with Gasteiger partial charge in [0, 0.05) is 11.3 Å². The minimum atomic E-state index is -0.182. The summed E-state index contributed by atoms with van der Waals surface area (Å²) >= 11 is 1.42. The molecular formula is C28H26FNO2S. The molecule has 0 amide bonds. The quantitative estimate of drug-likeness (QED) is 0.146. The molecule has 168 valence electrons. The van der Waals surface area contributed by atoms with E-state index in [0.29, 0.717) is 18.1 Å². The van der Waals surface area contributed by atoms with E-state index in [1.54, 1.807) is 12.3 Å². The molecule has 0 N–H and O–H groups in total. The summed E-state index contributed by atoms with van der Waals surface area (Å²) < 4.78 is 19.9. The van der Waals surface area contributed by atoms with Crippen LogP contribution in [-0.4, -0.2) is 25.7 Å². The molecule has 1 aliphatic carbocycles. The smallest absolute Gasteiger partial charge is 0.137 e. The van der Waals surface area contributed by atoms with Crippen molar-refractivity contribution in [3.8, 4) is 5.75 Å². The van der Waals surface area contributed by atoms with E-state index < -0.39 is 0 Å². The number of nitrogens with zero attached hydrogens (tertiary/aromatic N) is 1. The van der Waals surface area contributed by atoms with Gasteiger partial charge in [-0.15, -0.1) is 11.8 Å². The van der Waals surface area contributed by atoms with E-state index in [0.717, 1.165) is 34.4 Å². The van der Waals surface area contributed by atoms with Crippen molar-refractivity contribution in [3.05, 3.63) is 101 Å². The van der Waals surface area contributed by atoms with Crippen LogP contribution in [0, 0.1) is 12.7 Å². The van der Waals surface area contributed by atoms with Crippen molar-refractivity contribution in [2.45, 2.75) is 18.2 Å². The Kier molecular flexibility index (Phi) is 7.63. The predicted molar refractivity (Wildman–Crippen MR) is 136 cm³/mol. The third kappa shape index (κ3) is 5.74. The lowest BCUT2D eigenvalue weighted by Crippen LogP contribution is -1.99. The molecule has 0 unspecified atom stereocenters. The summed E-state index contributed by atoms with van der Waals surface area (Å²) in [5, 5.41) is 3.99. The molecule has 0 aromatic heterocycles. The summed E-state index contributed by atoms with van der Waals surface area (Å²) in [6, 6.07) is 21.4. The summed E-state index contributed by atoms with van der Waals surface area (Å²) in [5.41, 5.74) is 6.56. The van der Waals surface area contributed by atoms with Gasteiger partial charge in [0.15, 0.2) is 0 Å². The number of oxime groups is 1. The number of hydrogen-bond donors (Lipinski definition) is 0. The van der Waals surface area contributed by atoms with Crippen LogP contribution in [0.1, 0.15) is 28.7 Å². The summed E-state index contributed by atoms with van der Waals surface area (Å²) in [6.07, 6.45) is 8.46. The van der Waals surface area contributed by atoms with Gasteiger partial charge in [-0.1, -0.05) is 53.7 Å². The zero-order valence-electron chi connectivity index (χ0n) is 18.8. The van der Waals surface area contributed by atoms with Crippen molar-refractivity contribution in [2.24, 2.45) is 5.16 Å². The van der Waals surface area contributed by atoms with E-state index in [9.17, 15) is 4.39 Å². The molecule has 4 rings (SSSR count). The highest BCUT2D eigenvalue weighted by Gasteiger charge is 2.18. The number of halogens is 1. The molecule has 0 fully saturated rings. The zero-order chi connectivity index (χ0) is 23.0. The second-order valence-corrected chi connectivity index (χ2v) is 8.50. The van der Waals surface area contributed by atoms with Crippen molar-refractivity contribution in [1.29, 1.82) is 0 Å². The molecule has 0 aliphatic heterocycles. The van der Waals surface area contributed by atoms with Gasteiger partial charge in [-0.2, -0.15) is 0 Å². The molecule has 33 heavy (non-hydrogen) atoms. The highest BCUT2D eigenvalue weighted by atomic mass is 32.2. The minimum absolute atomic E-state index is 0.182. The van der Waals surface area contributed by atoms with Gasteiger partial charge < -0.3 is 9.57 Å². The number of benzene rings is 3. The third-order valence-corrected chi connectivity index (χ3v) is 6.20. The largest absolute Gasteiger partial charge is 0.488 e. The Hall–Kier alpha value is -3.31. The van der Waals surface area contributed by atoms with Gasteiger partial charge in [0.1, 0.15) is 24.8 Å². The molecule has 3 aromatic carbocycles. The first-order valence-corrected chi connectivity index (χ1v) is 12.1. The maximum Gasteiger partial charge on any atom is 0.137 e. The fourth-order valence-electron chi connectivity index (χ4n) is 3.78. The summed E-state index contributed by atoms with van der Waals surface area (Å²) in [7, 11) is 0. The fourth-order valence-corrected chi connectivity index (χ4v) is 4.32. The number of ether oxygens (including phenoxy) is 1. The number of aryl methyl sites for hydroxylation is 1. The van der Waals surface area contributed by atoms with Gasteiger partial charge in [0.05, 0.1) is 6.21 Å². The highest BCUT2D eigenvalue weighted by molar-refractivity contribution is 7.98. The first-order chi connectivity index (χ1) is 16.2. The first kappa shape index (κ1) is 22.9. The van der Waals surface area contributed by atoms with Crippen molar-refractivity contribution < 1.29 is 14.0 Å². The average molecular weight is 460 g/mol. The third-order valence-electron chi connectivity index (χ3n) is 5.44. The molecular weight excluding hydrogens is 433 g/mol. The van der Waals surface area contributed by atoms with Gasteiger partial charge in [-0.25, -0.2) is 4.39 Å².